The molecule has 128 valence electrons. The maximum Gasteiger partial charge on any atom is 0.338 e. The van der Waals surface area contributed by atoms with Gasteiger partial charge in [0.2, 0.25) is 0 Å². The predicted molar refractivity (Wildman–Crippen MR) is 94.2 cm³/mol. The molecule has 0 bridgehead atoms. The fourth-order valence-corrected chi connectivity index (χ4v) is 4.60. The van der Waals surface area contributed by atoms with Gasteiger partial charge in [0.25, 0.3) is 0 Å². The van der Waals surface area contributed by atoms with Crippen molar-refractivity contribution in [1.29, 1.82) is 0 Å². The molecule has 1 fully saturated rings. The van der Waals surface area contributed by atoms with Gasteiger partial charge in [-0.25, -0.2) is 5.06 Å². The van der Waals surface area contributed by atoms with Crippen molar-refractivity contribution in [3.63, 3.8) is 0 Å². The van der Waals surface area contributed by atoms with Gasteiger partial charge in [-0.15, -0.1) is 0 Å². The zero-order valence-corrected chi connectivity index (χ0v) is 15.0. The van der Waals surface area contributed by atoms with Gasteiger partial charge in [-0.1, -0.05) is 48.0 Å². The van der Waals surface area contributed by atoms with Crippen LogP contribution in [0.1, 0.15) is 17.2 Å². The molecule has 2 aromatic rings. The molecular formula is C18H22NO4P. The Morgan fingerprint density at radius 3 is 2.25 bits per heavy atom. The van der Waals surface area contributed by atoms with Crippen LogP contribution in [0, 0.1) is 6.92 Å². The molecular weight excluding hydrogens is 325 g/mol. The van der Waals surface area contributed by atoms with Crippen LogP contribution in [0.3, 0.4) is 0 Å². The smallest absolute Gasteiger partial charge is 0.312 e. The normalized spacial score (nSPS) is 21.2. The van der Waals surface area contributed by atoms with Crippen LogP contribution in [-0.4, -0.2) is 26.5 Å². The van der Waals surface area contributed by atoms with E-state index in [-0.39, 0.29) is 12.6 Å². The molecule has 2 atom stereocenters. The molecule has 0 spiro atoms. The number of benzene rings is 2. The lowest BCUT2D eigenvalue weighted by Gasteiger charge is -2.29. The van der Waals surface area contributed by atoms with Crippen molar-refractivity contribution in [1.82, 2.24) is 0 Å². The Morgan fingerprint density at radius 1 is 1.04 bits per heavy atom. The van der Waals surface area contributed by atoms with Crippen molar-refractivity contribution >= 4 is 13.3 Å². The molecule has 1 aliphatic heterocycles. The van der Waals surface area contributed by atoms with Crippen LogP contribution in [0.15, 0.2) is 54.6 Å². The third-order valence-electron chi connectivity index (χ3n) is 4.35. The highest BCUT2D eigenvalue weighted by molar-refractivity contribution is 7.54. The SMILES string of the molecule is COP(=O)(OC)[C@@H]1CON(c2ccccc2)[C@H]1c1ccc(C)cc1. The lowest BCUT2D eigenvalue weighted by Crippen LogP contribution is -2.27. The summed E-state index contributed by atoms with van der Waals surface area (Å²) in [6, 6.07) is 17.7. The number of anilines is 1. The van der Waals surface area contributed by atoms with Gasteiger partial charge in [0, 0.05) is 14.2 Å². The zero-order chi connectivity index (χ0) is 17.2. The van der Waals surface area contributed by atoms with Gasteiger partial charge in [-0.05, 0) is 24.6 Å². The van der Waals surface area contributed by atoms with Crippen LogP contribution in [0.5, 0.6) is 0 Å². The van der Waals surface area contributed by atoms with E-state index in [9.17, 15) is 4.57 Å². The number of hydroxylamine groups is 1. The van der Waals surface area contributed by atoms with Gasteiger partial charge in [0.05, 0.1) is 18.3 Å². The Bertz CT molecular complexity index is 712. The fraction of sp³-hybridized carbons (Fsp3) is 0.333. The maximum absolute atomic E-state index is 13.0. The van der Waals surface area contributed by atoms with Crippen molar-refractivity contribution < 1.29 is 18.5 Å². The van der Waals surface area contributed by atoms with E-state index in [2.05, 4.69) is 0 Å². The summed E-state index contributed by atoms with van der Waals surface area (Å²) in [6.07, 6.45) is 0. The Kier molecular flexibility index (Phi) is 5.07. The van der Waals surface area contributed by atoms with E-state index in [0.29, 0.717) is 0 Å². The minimum Gasteiger partial charge on any atom is -0.312 e. The molecule has 2 aromatic carbocycles. The third-order valence-corrected chi connectivity index (χ3v) is 6.61. The molecule has 6 heteroatoms. The van der Waals surface area contributed by atoms with E-state index in [1.54, 1.807) is 5.06 Å². The van der Waals surface area contributed by atoms with Gasteiger partial charge in [-0.2, -0.15) is 0 Å². The highest BCUT2D eigenvalue weighted by atomic mass is 31.2. The highest BCUT2D eigenvalue weighted by Gasteiger charge is 2.49. The van der Waals surface area contributed by atoms with Crippen LogP contribution in [0.25, 0.3) is 0 Å². The molecule has 0 aliphatic carbocycles. The first-order valence-corrected chi connectivity index (χ1v) is 9.45. The van der Waals surface area contributed by atoms with Crippen molar-refractivity contribution in [2.75, 3.05) is 25.9 Å². The van der Waals surface area contributed by atoms with Crippen molar-refractivity contribution in [3.8, 4) is 0 Å². The number of para-hydroxylation sites is 1. The zero-order valence-electron chi connectivity index (χ0n) is 14.1. The standard InChI is InChI=1S/C18H22NO4P/c1-14-9-11-15(12-10-14)18-17(24(20,21-2)22-3)13-23-19(18)16-7-5-4-6-8-16/h4-12,17-18H,13H2,1-3H3/t17-,18+/m1/s1. The van der Waals surface area contributed by atoms with Crippen molar-refractivity contribution in [3.05, 3.63) is 65.7 Å². The summed E-state index contributed by atoms with van der Waals surface area (Å²) in [4.78, 5) is 5.90. The first kappa shape index (κ1) is 17.2. The van der Waals surface area contributed by atoms with Crippen molar-refractivity contribution in [2.24, 2.45) is 0 Å². The molecule has 1 saturated heterocycles. The molecule has 0 unspecified atom stereocenters. The summed E-state index contributed by atoms with van der Waals surface area (Å²) in [7, 11) is -0.450. The Hall–Kier alpha value is -1.65. The number of rotatable bonds is 5. The molecule has 1 heterocycles. The van der Waals surface area contributed by atoms with Gasteiger partial charge in [0.15, 0.2) is 0 Å². The second kappa shape index (κ2) is 7.08. The molecule has 0 saturated carbocycles. The maximum atomic E-state index is 13.0. The summed E-state index contributed by atoms with van der Waals surface area (Å²) in [5.41, 5.74) is 2.68. The van der Waals surface area contributed by atoms with E-state index < -0.39 is 13.3 Å². The number of hydrogen-bond donors (Lipinski definition) is 0. The Balaban J connectivity index is 2.05. The monoisotopic (exact) mass is 347 g/mol. The van der Waals surface area contributed by atoms with E-state index in [1.807, 2.05) is 61.5 Å². The summed E-state index contributed by atoms with van der Waals surface area (Å²) >= 11 is 0. The van der Waals surface area contributed by atoms with Gasteiger partial charge in [-0.3, -0.25) is 9.40 Å². The second-order valence-electron chi connectivity index (χ2n) is 5.78. The number of nitrogens with zero attached hydrogens (tertiary/aromatic N) is 1. The first-order valence-electron chi connectivity index (χ1n) is 7.84. The van der Waals surface area contributed by atoms with Gasteiger partial charge >= 0.3 is 7.60 Å². The van der Waals surface area contributed by atoms with Crippen molar-refractivity contribution in [2.45, 2.75) is 18.6 Å². The summed E-state index contributed by atoms with van der Waals surface area (Å²) in [5, 5.41) is 1.81. The van der Waals surface area contributed by atoms with Gasteiger partial charge in [0.1, 0.15) is 5.66 Å². The highest BCUT2D eigenvalue weighted by Crippen LogP contribution is 2.59. The quantitative estimate of drug-likeness (QED) is 0.753. The minimum absolute atomic E-state index is 0.251. The van der Waals surface area contributed by atoms with Crippen LogP contribution >= 0.6 is 7.60 Å². The number of hydrogen-bond acceptors (Lipinski definition) is 5. The summed E-state index contributed by atoms with van der Waals surface area (Å²) in [6.45, 7) is 2.31. The average Bonchev–Trinajstić information content (AvgIpc) is 3.08. The molecule has 0 aromatic heterocycles. The van der Waals surface area contributed by atoms with E-state index in [4.69, 9.17) is 13.9 Å². The average molecular weight is 347 g/mol. The number of aryl methyl sites for hydroxylation is 1. The van der Waals surface area contributed by atoms with Crippen LogP contribution in [0.4, 0.5) is 5.69 Å². The first-order chi connectivity index (χ1) is 11.6. The van der Waals surface area contributed by atoms with Crippen LogP contribution < -0.4 is 5.06 Å². The fourth-order valence-electron chi connectivity index (χ4n) is 3.03. The molecule has 24 heavy (non-hydrogen) atoms. The predicted octanol–water partition coefficient (Wildman–Crippen LogP) is 4.34. The summed E-state index contributed by atoms with van der Waals surface area (Å²) < 4.78 is 23.5. The van der Waals surface area contributed by atoms with Crippen LogP contribution in [0.2, 0.25) is 0 Å². The third kappa shape index (κ3) is 3.13. The van der Waals surface area contributed by atoms with Gasteiger partial charge < -0.3 is 9.05 Å². The lowest BCUT2D eigenvalue weighted by atomic mass is 10.0. The Labute approximate surface area is 142 Å². The summed E-state index contributed by atoms with van der Waals surface area (Å²) in [5.74, 6) is 0. The molecule has 1 aliphatic rings. The molecule has 0 N–H and O–H groups in total. The minimum atomic E-state index is -3.29. The molecule has 0 amide bonds. The topological polar surface area (TPSA) is 48.0 Å². The second-order valence-corrected chi connectivity index (χ2v) is 8.26. The Morgan fingerprint density at radius 2 is 1.67 bits per heavy atom. The largest absolute Gasteiger partial charge is 0.338 e. The van der Waals surface area contributed by atoms with E-state index in [0.717, 1.165) is 11.3 Å². The molecule has 3 rings (SSSR count). The van der Waals surface area contributed by atoms with E-state index >= 15 is 0 Å². The molecule has 0 radical (unpaired) electrons. The lowest BCUT2D eigenvalue weighted by molar-refractivity contribution is 0.157. The van der Waals surface area contributed by atoms with E-state index in [1.165, 1.54) is 19.8 Å². The molecule has 5 nitrogen and oxygen atoms in total. The van der Waals surface area contributed by atoms with Crippen LogP contribution in [-0.2, 0) is 18.5 Å².